The van der Waals surface area contributed by atoms with Crippen LogP contribution in [0.2, 0.25) is 0 Å². The van der Waals surface area contributed by atoms with Crippen LogP contribution in [0.25, 0.3) is 0 Å². The smallest absolute Gasteiger partial charge is 0.243 e. The molecule has 0 spiro atoms. The Balaban J connectivity index is 2.19. The fourth-order valence-corrected chi connectivity index (χ4v) is 4.05. The quantitative estimate of drug-likeness (QED) is 0.874. The van der Waals surface area contributed by atoms with Crippen molar-refractivity contribution in [1.29, 1.82) is 0 Å². The number of benzene rings is 1. The highest BCUT2D eigenvalue weighted by Crippen LogP contribution is 2.18. The maximum Gasteiger partial charge on any atom is 0.243 e. The highest BCUT2D eigenvalue weighted by molar-refractivity contribution is 7.89. The van der Waals surface area contributed by atoms with Gasteiger partial charge in [0, 0.05) is 19.1 Å². The van der Waals surface area contributed by atoms with Gasteiger partial charge in [-0.1, -0.05) is 6.92 Å². The van der Waals surface area contributed by atoms with Crippen LogP contribution < -0.4 is 5.32 Å². The van der Waals surface area contributed by atoms with Gasteiger partial charge >= 0.3 is 0 Å². The van der Waals surface area contributed by atoms with E-state index in [0.29, 0.717) is 13.1 Å². The van der Waals surface area contributed by atoms with Crippen molar-refractivity contribution in [3.63, 3.8) is 0 Å². The minimum atomic E-state index is -3.54. The number of rotatable bonds is 6. The predicted octanol–water partition coefficient (Wildman–Crippen LogP) is 1.98. The Labute approximate surface area is 120 Å². The fourth-order valence-electron chi connectivity index (χ4n) is 2.47. The average Bonchev–Trinajstić information content (AvgIpc) is 2.92. The summed E-state index contributed by atoms with van der Waals surface area (Å²) in [5.74, 6) is -0.427. The van der Waals surface area contributed by atoms with Crippen LogP contribution in [0.1, 0.15) is 26.2 Å². The molecule has 1 atom stereocenters. The lowest BCUT2D eigenvalue weighted by molar-refractivity contribution is 0.369. The molecule has 0 aromatic heterocycles. The molecule has 6 heteroatoms. The zero-order chi connectivity index (χ0) is 14.6. The Kier molecular flexibility index (Phi) is 5.12. The largest absolute Gasteiger partial charge is 0.313 e. The monoisotopic (exact) mass is 300 g/mol. The first-order valence-electron chi connectivity index (χ1n) is 7.03. The van der Waals surface area contributed by atoms with E-state index in [1.54, 1.807) is 0 Å². The summed E-state index contributed by atoms with van der Waals surface area (Å²) in [6.45, 7) is 3.86. The van der Waals surface area contributed by atoms with Gasteiger partial charge in [0.1, 0.15) is 5.82 Å². The van der Waals surface area contributed by atoms with Crippen LogP contribution in [0.15, 0.2) is 29.2 Å². The minimum absolute atomic E-state index is 0.158. The highest BCUT2D eigenvalue weighted by atomic mass is 32.2. The number of hydrogen-bond donors (Lipinski definition) is 1. The number of nitrogens with one attached hydrogen (secondary N) is 1. The summed E-state index contributed by atoms with van der Waals surface area (Å²) in [7, 11) is -3.54. The summed E-state index contributed by atoms with van der Waals surface area (Å²) >= 11 is 0. The van der Waals surface area contributed by atoms with E-state index < -0.39 is 15.8 Å². The normalized spacial score (nSPS) is 19.6. The van der Waals surface area contributed by atoms with E-state index in [2.05, 4.69) is 5.32 Å². The van der Waals surface area contributed by atoms with Crippen LogP contribution in [-0.2, 0) is 10.0 Å². The van der Waals surface area contributed by atoms with Crippen LogP contribution in [0, 0.1) is 5.82 Å². The number of hydrogen-bond acceptors (Lipinski definition) is 3. The van der Waals surface area contributed by atoms with E-state index in [-0.39, 0.29) is 10.9 Å². The number of halogens is 1. The van der Waals surface area contributed by atoms with E-state index >= 15 is 0 Å². The van der Waals surface area contributed by atoms with Crippen molar-refractivity contribution < 1.29 is 12.8 Å². The van der Waals surface area contributed by atoms with Gasteiger partial charge in [0.15, 0.2) is 0 Å². The first kappa shape index (κ1) is 15.4. The number of sulfonamides is 1. The van der Waals surface area contributed by atoms with Crippen molar-refractivity contribution in [2.45, 2.75) is 37.1 Å². The van der Waals surface area contributed by atoms with E-state index in [4.69, 9.17) is 0 Å². The second-order valence-electron chi connectivity index (χ2n) is 5.11. The standard InChI is InChI=1S/C14H21FN2O2S/c1-2-10-17(11-13-4-3-9-16-13)20(18,19)14-7-5-12(15)6-8-14/h5-8,13,16H,2-4,9-11H2,1H3. The van der Waals surface area contributed by atoms with Crippen molar-refractivity contribution in [1.82, 2.24) is 9.62 Å². The second-order valence-corrected chi connectivity index (χ2v) is 7.05. The van der Waals surface area contributed by atoms with Crippen molar-refractivity contribution in [3.05, 3.63) is 30.1 Å². The van der Waals surface area contributed by atoms with Crippen LogP contribution >= 0.6 is 0 Å². The van der Waals surface area contributed by atoms with Gasteiger partial charge in [-0.05, 0) is 50.1 Å². The van der Waals surface area contributed by atoms with E-state index in [9.17, 15) is 12.8 Å². The van der Waals surface area contributed by atoms with Crippen LogP contribution in [0.3, 0.4) is 0 Å². The van der Waals surface area contributed by atoms with Crippen LogP contribution in [0.5, 0.6) is 0 Å². The summed E-state index contributed by atoms with van der Waals surface area (Å²) in [6.07, 6.45) is 2.84. The molecule has 1 N–H and O–H groups in total. The average molecular weight is 300 g/mol. The summed E-state index contributed by atoms with van der Waals surface area (Å²) in [4.78, 5) is 0.158. The van der Waals surface area contributed by atoms with Gasteiger partial charge < -0.3 is 5.32 Å². The Morgan fingerprint density at radius 3 is 2.60 bits per heavy atom. The molecule has 4 nitrogen and oxygen atoms in total. The summed E-state index contributed by atoms with van der Waals surface area (Å²) < 4.78 is 39.6. The maximum atomic E-state index is 12.9. The molecule has 1 heterocycles. The molecular formula is C14H21FN2O2S. The molecule has 1 aliphatic heterocycles. The van der Waals surface area contributed by atoms with Gasteiger partial charge in [-0.2, -0.15) is 4.31 Å². The summed E-state index contributed by atoms with van der Waals surface area (Å²) in [6, 6.07) is 5.25. The third-order valence-corrected chi connectivity index (χ3v) is 5.39. The summed E-state index contributed by atoms with van der Waals surface area (Å²) in [5, 5.41) is 3.31. The topological polar surface area (TPSA) is 49.4 Å². The lowest BCUT2D eigenvalue weighted by Gasteiger charge is -2.24. The number of nitrogens with zero attached hydrogens (tertiary/aromatic N) is 1. The Morgan fingerprint density at radius 1 is 1.35 bits per heavy atom. The van der Waals surface area contributed by atoms with Crippen molar-refractivity contribution in [2.24, 2.45) is 0 Å². The van der Waals surface area contributed by atoms with Crippen molar-refractivity contribution in [3.8, 4) is 0 Å². The molecule has 1 aliphatic rings. The molecule has 1 saturated heterocycles. The molecule has 1 aromatic rings. The first-order valence-corrected chi connectivity index (χ1v) is 8.47. The third kappa shape index (κ3) is 3.56. The van der Waals surface area contributed by atoms with Gasteiger partial charge in [0.05, 0.1) is 4.90 Å². The van der Waals surface area contributed by atoms with Crippen LogP contribution in [0.4, 0.5) is 4.39 Å². The molecule has 112 valence electrons. The lowest BCUT2D eigenvalue weighted by Crippen LogP contribution is -2.41. The Bertz CT molecular complexity index is 525. The SMILES string of the molecule is CCCN(CC1CCCN1)S(=O)(=O)c1ccc(F)cc1. The van der Waals surface area contributed by atoms with E-state index in [1.807, 2.05) is 6.92 Å². The molecule has 0 bridgehead atoms. The third-order valence-electron chi connectivity index (χ3n) is 3.51. The predicted molar refractivity (Wildman–Crippen MR) is 76.5 cm³/mol. The maximum absolute atomic E-state index is 12.9. The summed E-state index contributed by atoms with van der Waals surface area (Å²) in [5.41, 5.74) is 0. The van der Waals surface area contributed by atoms with E-state index in [1.165, 1.54) is 28.6 Å². The van der Waals surface area contributed by atoms with Gasteiger partial charge in [-0.15, -0.1) is 0 Å². The molecule has 0 radical (unpaired) electrons. The van der Waals surface area contributed by atoms with Gasteiger partial charge in [-0.25, -0.2) is 12.8 Å². The van der Waals surface area contributed by atoms with Crippen molar-refractivity contribution in [2.75, 3.05) is 19.6 Å². The molecule has 1 unspecified atom stereocenters. The lowest BCUT2D eigenvalue weighted by atomic mass is 10.2. The van der Waals surface area contributed by atoms with Gasteiger partial charge in [0.2, 0.25) is 10.0 Å². The fraction of sp³-hybridized carbons (Fsp3) is 0.571. The molecular weight excluding hydrogens is 279 g/mol. The first-order chi connectivity index (χ1) is 9.54. The molecule has 1 aromatic carbocycles. The minimum Gasteiger partial charge on any atom is -0.313 e. The molecule has 2 rings (SSSR count). The second kappa shape index (κ2) is 6.65. The Morgan fingerprint density at radius 2 is 2.05 bits per heavy atom. The molecule has 20 heavy (non-hydrogen) atoms. The zero-order valence-electron chi connectivity index (χ0n) is 11.7. The van der Waals surface area contributed by atoms with E-state index in [0.717, 1.165) is 25.8 Å². The van der Waals surface area contributed by atoms with Crippen LogP contribution in [-0.4, -0.2) is 38.4 Å². The van der Waals surface area contributed by atoms with Gasteiger partial charge in [0.25, 0.3) is 0 Å². The zero-order valence-corrected chi connectivity index (χ0v) is 12.5. The van der Waals surface area contributed by atoms with Crippen molar-refractivity contribution >= 4 is 10.0 Å². The molecule has 0 amide bonds. The molecule has 1 fully saturated rings. The molecule has 0 saturated carbocycles. The van der Waals surface area contributed by atoms with Gasteiger partial charge in [-0.3, -0.25) is 0 Å². The molecule has 0 aliphatic carbocycles. The highest BCUT2D eigenvalue weighted by Gasteiger charge is 2.27. The Hall–Kier alpha value is -0.980.